The maximum atomic E-state index is 3.25. The molecule has 0 spiro atoms. The van der Waals surface area contributed by atoms with Crippen molar-refractivity contribution in [2.75, 3.05) is 13.2 Å². The van der Waals surface area contributed by atoms with Gasteiger partial charge in [0.15, 0.2) is 0 Å². The summed E-state index contributed by atoms with van der Waals surface area (Å²) in [5, 5.41) is 3.25. The second kappa shape index (κ2) is 5.80. The van der Waals surface area contributed by atoms with Gasteiger partial charge in [0.05, 0.1) is 12.4 Å². The fourth-order valence-electron chi connectivity index (χ4n) is 2.21. The van der Waals surface area contributed by atoms with Crippen LogP contribution in [0.5, 0.6) is 0 Å². The van der Waals surface area contributed by atoms with Gasteiger partial charge in [-0.3, -0.25) is 0 Å². The molecule has 2 rings (SSSR count). The fraction of sp³-hybridized carbons (Fsp3) is 0.467. The lowest BCUT2D eigenvalue weighted by atomic mass is 10.3. The van der Waals surface area contributed by atoms with Crippen LogP contribution in [0.15, 0.2) is 47.7 Å². The molecule has 2 aliphatic rings. The zero-order valence-corrected chi connectivity index (χ0v) is 11.6. The van der Waals surface area contributed by atoms with Crippen LogP contribution in [0.2, 0.25) is 0 Å². The Kier molecular flexibility index (Phi) is 4.13. The number of allylic oxidation sites excluding steroid dienone is 5. The Morgan fingerprint density at radius 1 is 1.28 bits per heavy atom. The molecule has 2 heterocycles. The molecule has 3 heteroatoms. The predicted octanol–water partition coefficient (Wildman–Crippen LogP) is 3.13. The molecule has 0 bridgehead atoms. The van der Waals surface area contributed by atoms with Gasteiger partial charge in [0.25, 0.3) is 0 Å². The van der Waals surface area contributed by atoms with Crippen LogP contribution in [0.25, 0.3) is 0 Å². The van der Waals surface area contributed by atoms with Crippen LogP contribution in [0.4, 0.5) is 0 Å². The summed E-state index contributed by atoms with van der Waals surface area (Å²) in [6.07, 6.45) is 12.8. The van der Waals surface area contributed by atoms with E-state index < -0.39 is 0 Å². The van der Waals surface area contributed by atoms with Crippen LogP contribution in [0, 0.1) is 0 Å². The number of hydrogen-bond acceptors (Lipinski definition) is 3. The second-order valence-corrected chi connectivity index (χ2v) is 4.85. The molecule has 2 aliphatic heterocycles. The molecule has 0 unspecified atom stereocenters. The summed E-state index contributed by atoms with van der Waals surface area (Å²) in [4.78, 5) is 4.77. The number of unbranched alkanes of at least 4 members (excludes halogenated alkanes) is 1. The maximum Gasteiger partial charge on any atom is 0.0941 e. The van der Waals surface area contributed by atoms with Crippen LogP contribution in [0.3, 0.4) is 0 Å². The van der Waals surface area contributed by atoms with Gasteiger partial charge in [0, 0.05) is 30.3 Å². The van der Waals surface area contributed by atoms with Gasteiger partial charge in [-0.1, -0.05) is 19.4 Å². The third-order valence-electron chi connectivity index (χ3n) is 3.56. The first kappa shape index (κ1) is 12.8. The molecule has 0 aromatic carbocycles. The van der Waals surface area contributed by atoms with Crippen molar-refractivity contribution in [3.8, 4) is 0 Å². The molecule has 98 valence electrons. The molecule has 18 heavy (non-hydrogen) atoms. The predicted molar refractivity (Wildman–Crippen MR) is 76.2 cm³/mol. The van der Waals surface area contributed by atoms with Crippen LogP contribution in [0.1, 0.15) is 33.6 Å². The minimum Gasteiger partial charge on any atom is -0.361 e. The highest BCUT2D eigenvalue weighted by atomic mass is 15.4. The first-order valence-corrected chi connectivity index (χ1v) is 6.73. The summed E-state index contributed by atoms with van der Waals surface area (Å²) in [5.74, 6) is 0. The molecule has 0 aliphatic carbocycles. The zero-order chi connectivity index (χ0) is 13.0. The van der Waals surface area contributed by atoms with E-state index in [2.05, 4.69) is 54.2 Å². The van der Waals surface area contributed by atoms with Crippen molar-refractivity contribution >= 4 is 0 Å². The van der Waals surface area contributed by atoms with E-state index in [1.807, 2.05) is 12.3 Å². The van der Waals surface area contributed by atoms with Gasteiger partial charge in [0.2, 0.25) is 0 Å². The highest BCUT2D eigenvalue weighted by Crippen LogP contribution is 2.24. The van der Waals surface area contributed by atoms with E-state index in [4.69, 9.17) is 0 Å². The van der Waals surface area contributed by atoms with E-state index in [0.29, 0.717) is 0 Å². The summed E-state index contributed by atoms with van der Waals surface area (Å²) in [6.45, 7) is 8.78. The lowest BCUT2D eigenvalue weighted by molar-refractivity contribution is 0.289. The van der Waals surface area contributed by atoms with Crippen LogP contribution < -0.4 is 5.32 Å². The average molecular weight is 245 g/mol. The minimum atomic E-state index is 0.973. The summed E-state index contributed by atoms with van der Waals surface area (Å²) >= 11 is 0. The van der Waals surface area contributed by atoms with E-state index in [0.717, 1.165) is 18.9 Å². The molecule has 0 atom stereocenters. The van der Waals surface area contributed by atoms with E-state index >= 15 is 0 Å². The Morgan fingerprint density at radius 3 is 2.78 bits per heavy atom. The lowest BCUT2D eigenvalue weighted by Gasteiger charge is -2.21. The van der Waals surface area contributed by atoms with Gasteiger partial charge in [-0.05, 0) is 32.4 Å². The molecule has 1 N–H and O–H groups in total. The normalized spacial score (nSPS) is 21.2. The van der Waals surface area contributed by atoms with Crippen molar-refractivity contribution in [2.45, 2.75) is 33.6 Å². The largest absolute Gasteiger partial charge is 0.361 e. The summed E-state index contributed by atoms with van der Waals surface area (Å²) in [6, 6.07) is 0. The number of nitrogens with zero attached hydrogens (tertiary/aromatic N) is 2. The topological polar surface area (TPSA) is 18.5 Å². The van der Waals surface area contributed by atoms with Gasteiger partial charge in [-0.25, -0.2) is 0 Å². The zero-order valence-electron chi connectivity index (χ0n) is 11.6. The van der Waals surface area contributed by atoms with E-state index in [-0.39, 0.29) is 0 Å². The number of nitrogens with one attached hydrogen (secondary N) is 1. The third kappa shape index (κ3) is 2.78. The number of dihydropyridines is 1. The third-order valence-corrected chi connectivity index (χ3v) is 3.56. The van der Waals surface area contributed by atoms with Crippen LogP contribution in [-0.4, -0.2) is 23.0 Å². The Hall–Kier alpha value is -1.64. The maximum absolute atomic E-state index is 3.25. The monoisotopic (exact) mass is 245 g/mol. The second-order valence-electron chi connectivity index (χ2n) is 4.85. The Balaban J connectivity index is 2.03. The van der Waals surface area contributed by atoms with Gasteiger partial charge in [-0.2, -0.15) is 0 Å². The Morgan fingerprint density at radius 2 is 2.11 bits per heavy atom. The van der Waals surface area contributed by atoms with Crippen molar-refractivity contribution in [2.24, 2.45) is 0 Å². The van der Waals surface area contributed by atoms with Crippen LogP contribution >= 0.6 is 0 Å². The van der Waals surface area contributed by atoms with E-state index in [1.165, 1.54) is 24.2 Å². The van der Waals surface area contributed by atoms with Gasteiger partial charge < -0.3 is 15.1 Å². The smallest absolute Gasteiger partial charge is 0.0941 e. The molecule has 0 saturated heterocycles. The van der Waals surface area contributed by atoms with Gasteiger partial charge in [-0.15, -0.1) is 0 Å². The van der Waals surface area contributed by atoms with E-state index in [9.17, 15) is 0 Å². The molecule has 0 amide bonds. The highest BCUT2D eigenvalue weighted by molar-refractivity contribution is 5.28. The Bertz CT molecular complexity index is 415. The lowest BCUT2D eigenvalue weighted by Crippen LogP contribution is -2.26. The van der Waals surface area contributed by atoms with E-state index in [1.54, 1.807) is 0 Å². The van der Waals surface area contributed by atoms with Gasteiger partial charge >= 0.3 is 0 Å². The van der Waals surface area contributed by atoms with Crippen molar-refractivity contribution < 1.29 is 0 Å². The van der Waals surface area contributed by atoms with Crippen molar-refractivity contribution in [1.82, 2.24) is 15.1 Å². The number of rotatable bonds is 4. The standard InChI is InChI=1S/C15H23N3/c1-4-5-10-17-12-18(14(3)13(17)2)11-15-8-6-7-9-16-15/h6-9,11,16H,4-5,10,12H2,1-3H3/b15-11-. The van der Waals surface area contributed by atoms with Gasteiger partial charge in [0.1, 0.15) is 0 Å². The molecular weight excluding hydrogens is 222 g/mol. The van der Waals surface area contributed by atoms with Crippen molar-refractivity contribution in [3.05, 3.63) is 47.7 Å². The minimum absolute atomic E-state index is 0.973. The molecule has 0 radical (unpaired) electrons. The molecule has 0 aromatic rings. The molecular formula is C15H23N3. The quantitative estimate of drug-likeness (QED) is 0.821. The molecule has 0 aromatic heterocycles. The Labute approximate surface area is 110 Å². The first-order chi connectivity index (χ1) is 8.72. The summed E-state index contributed by atoms with van der Waals surface area (Å²) in [7, 11) is 0. The number of hydrogen-bond donors (Lipinski definition) is 1. The van der Waals surface area contributed by atoms with Crippen molar-refractivity contribution in [3.63, 3.8) is 0 Å². The molecule has 0 fully saturated rings. The van der Waals surface area contributed by atoms with Crippen LogP contribution in [-0.2, 0) is 0 Å². The first-order valence-electron chi connectivity index (χ1n) is 6.73. The fourth-order valence-corrected chi connectivity index (χ4v) is 2.21. The highest BCUT2D eigenvalue weighted by Gasteiger charge is 2.21. The summed E-state index contributed by atoms with van der Waals surface area (Å²) < 4.78 is 0. The summed E-state index contributed by atoms with van der Waals surface area (Å²) in [5.41, 5.74) is 3.89. The molecule has 0 saturated carbocycles. The van der Waals surface area contributed by atoms with Crippen molar-refractivity contribution in [1.29, 1.82) is 0 Å². The SMILES string of the molecule is CCCCN1CN(/C=C2/C=CC=CN2)C(C)=C1C. The average Bonchev–Trinajstić information content (AvgIpc) is 2.66. The molecule has 3 nitrogen and oxygen atoms in total.